The van der Waals surface area contributed by atoms with Crippen LogP contribution >= 0.6 is 0 Å². The third kappa shape index (κ3) is 3.52. The van der Waals surface area contributed by atoms with Crippen molar-refractivity contribution in [3.8, 4) is 5.69 Å². The fraction of sp³-hybridized carbons (Fsp3) is 0.235. The third-order valence-electron chi connectivity index (χ3n) is 3.78. The predicted octanol–water partition coefficient (Wildman–Crippen LogP) is 2.12. The molecule has 1 N–H and O–H groups in total. The molecule has 0 bridgehead atoms. The van der Waals surface area contributed by atoms with Gasteiger partial charge in [-0.05, 0) is 18.2 Å². The number of carbonyl (C=O) groups is 2. The molecule has 7 nitrogen and oxygen atoms in total. The summed E-state index contributed by atoms with van der Waals surface area (Å²) in [5, 5.41) is 6.67. The number of amides is 2. The van der Waals surface area contributed by atoms with E-state index in [1.165, 1.54) is 22.6 Å². The average Bonchev–Trinajstić information content (AvgIpc) is 3.19. The number of hydrogen-bond donors (Lipinski definition) is 1. The van der Waals surface area contributed by atoms with Gasteiger partial charge in [-0.25, -0.2) is 13.9 Å². The second-order valence-electron chi connectivity index (χ2n) is 5.61. The minimum absolute atomic E-state index is 0.206. The summed E-state index contributed by atoms with van der Waals surface area (Å²) < 4.78 is 21.0. The SMILES string of the molecule is C=Cc1cnn(-c2ccc(N3C[C@H](CNC(C)=O)OC3=O)cc2F)c1. The van der Waals surface area contributed by atoms with Gasteiger partial charge >= 0.3 is 6.09 Å². The summed E-state index contributed by atoms with van der Waals surface area (Å²) >= 11 is 0. The van der Waals surface area contributed by atoms with Crippen LogP contribution in [0.3, 0.4) is 0 Å². The number of hydrogen-bond acceptors (Lipinski definition) is 4. The zero-order valence-corrected chi connectivity index (χ0v) is 13.6. The van der Waals surface area contributed by atoms with Crippen LogP contribution in [-0.2, 0) is 9.53 Å². The fourth-order valence-corrected chi connectivity index (χ4v) is 2.52. The van der Waals surface area contributed by atoms with E-state index in [9.17, 15) is 14.0 Å². The minimum atomic E-state index is -0.574. The van der Waals surface area contributed by atoms with Crippen molar-refractivity contribution in [2.24, 2.45) is 0 Å². The molecule has 2 heterocycles. The first-order valence-electron chi connectivity index (χ1n) is 7.67. The zero-order chi connectivity index (χ0) is 18.0. The van der Waals surface area contributed by atoms with Gasteiger partial charge in [0.05, 0.1) is 25.0 Å². The van der Waals surface area contributed by atoms with E-state index in [2.05, 4.69) is 17.0 Å². The topological polar surface area (TPSA) is 76.5 Å². The molecule has 2 amide bonds. The molecule has 0 radical (unpaired) electrons. The minimum Gasteiger partial charge on any atom is -0.442 e. The summed E-state index contributed by atoms with van der Waals surface area (Å²) in [7, 11) is 0. The molecule has 1 saturated heterocycles. The summed E-state index contributed by atoms with van der Waals surface area (Å²) in [5.41, 5.74) is 1.42. The van der Waals surface area contributed by atoms with E-state index in [1.807, 2.05) is 0 Å². The van der Waals surface area contributed by atoms with Crippen molar-refractivity contribution in [2.75, 3.05) is 18.0 Å². The van der Waals surface area contributed by atoms with Crippen molar-refractivity contribution < 1.29 is 18.7 Å². The van der Waals surface area contributed by atoms with E-state index in [4.69, 9.17) is 4.74 Å². The Hall–Kier alpha value is -3.16. The Balaban J connectivity index is 1.77. The summed E-state index contributed by atoms with van der Waals surface area (Å²) in [6, 6.07) is 4.42. The standard InChI is InChI=1S/C17H17FN4O3/c1-3-12-7-20-22(9-12)16-5-4-13(6-15(16)18)21-10-14(25-17(21)24)8-19-11(2)23/h3-7,9,14H,1,8,10H2,2H3,(H,19,23)/t14-/m0/s1. The lowest BCUT2D eigenvalue weighted by atomic mass is 10.2. The van der Waals surface area contributed by atoms with Gasteiger partial charge in [-0.2, -0.15) is 5.10 Å². The Kier molecular flexibility index (Phi) is 4.51. The molecule has 1 atom stereocenters. The number of anilines is 1. The molecule has 1 aromatic carbocycles. The molecule has 3 rings (SSSR count). The number of benzene rings is 1. The average molecular weight is 344 g/mol. The normalized spacial score (nSPS) is 16.6. The molecule has 2 aromatic rings. The van der Waals surface area contributed by atoms with E-state index in [1.54, 1.807) is 30.6 Å². The van der Waals surface area contributed by atoms with E-state index < -0.39 is 18.0 Å². The molecular weight excluding hydrogens is 327 g/mol. The number of ether oxygens (including phenoxy) is 1. The fourth-order valence-electron chi connectivity index (χ4n) is 2.52. The van der Waals surface area contributed by atoms with Crippen LogP contribution in [0.25, 0.3) is 11.8 Å². The largest absolute Gasteiger partial charge is 0.442 e. The van der Waals surface area contributed by atoms with Crippen LogP contribution in [0, 0.1) is 5.82 Å². The smallest absolute Gasteiger partial charge is 0.414 e. The van der Waals surface area contributed by atoms with Gasteiger partial charge in [0.1, 0.15) is 11.8 Å². The molecule has 8 heteroatoms. The molecule has 130 valence electrons. The van der Waals surface area contributed by atoms with Crippen LogP contribution in [0.15, 0.2) is 37.2 Å². The molecule has 0 aliphatic carbocycles. The Morgan fingerprint density at radius 3 is 3.00 bits per heavy atom. The van der Waals surface area contributed by atoms with Crippen LogP contribution in [0.2, 0.25) is 0 Å². The van der Waals surface area contributed by atoms with Gasteiger partial charge < -0.3 is 10.1 Å². The highest BCUT2D eigenvalue weighted by molar-refractivity contribution is 5.90. The number of aromatic nitrogens is 2. The first kappa shape index (κ1) is 16.7. The first-order chi connectivity index (χ1) is 12.0. The Bertz CT molecular complexity index is 833. The predicted molar refractivity (Wildman–Crippen MR) is 89.9 cm³/mol. The summed E-state index contributed by atoms with van der Waals surface area (Å²) in [5.74, 6) is -0.725. The lowest BCUT2D eigenvalue weighted by molar-refractivity contribution is -0.119. The molecule has 1 fully saturated rings. The van der Waals surface area contributed by atoms with Crippen LogP contribution in [0.5, 0.6) is 0 Å². The van der Waals surface area contributed by atoms with Gasteiger partial charge in [-0.15, -0.1) is 0 Å². The molecule has 1 aliphatic heterocycles. The maximum atomic E-state index is 14.5. The van der Waals surface area contributed by atoms with E-state index in [0.29, 0.717) is 5.69 Å². The van der Waals surface area contributed by atoms with Gasteiger partial charge in [0.25, 0.3) is 0 Å². The summed E-state index contributed by atoms with van der Waals surface area (Å²) in [6.45, 7) is 5.48. The Labute approximate surface area is 143 Å². The van der Waals surface area contributed by atoms with Crippen molar-refractivity contribution in [3.63, 3.8) is 0 Å². The van der Waals surface area contributed by atoms with Crippen LogP contribution in [0.4, 0.5) is 14.9 Å². The first-order valence-corrected chi connectivity index (χ1v) is 7.67. The van der Waals surface area contributed by atoms with E-state index in [-0.39, 0.29) is 24.7 Å². The number of nitrogens with one attached hydrogen (secondary N) is 1. The Morgan fingerprint density at radius 1 is 1.56 bits per heavy atom. The molecule has 0 saturated carbocycles. The second-order valence-corrected chi connectivity index (χ2v) is 5.61. The molecule has 1 aromatic heterocycles. The molecule has 25 heavy (non-hydrogen) atoms. The van der Waals surface area contributed by atoms with E-state index >= 15 is 0 Å². The quantitative estimate of drug-likeness (QED) is 0.901. The maximum Gasteiger partial charge on any atom is 0.414 e. The van der Waals surface area contributed by atoms with Crippen LogP contribution < -0.4 is 10.2 Å². The van der Waals surface area contributed by atoms with Crippen molar-refractivity contribution in [1.29, 1.82) is 0 Å². The summed E-state index contributed by atoms with van der Waals surface area (Å²) in [4.78, 5) is 24.3. The van der Waals surface area contributed by atoms with Gasteiger partial charge in [0.15, 0.2) is 5.82 Å². The maximum absolute atomic E-state index is 14.5. The third-order valence-corrected chi connectivity index (χ3v) is 3.78. The number of carbonyl (C=O) groups excluding carboxylic acids is 2. The number of cyclic esters (lactones) is 1. The van der Waals surface area contributed by atoms with Crippen molar-refractivity contribution in [1.82, 2.24) is 15.1 Å². The van der Waals surface area contributed by atoms with Crippen LogP contribution in [0.1, 0.15) is 12.5 Å². The zero-order valence-electron chi connectivity index (χ0n) is 13.6. The summed E-state index contributed by atoms with van der Waals surface area (Å²) in [6.07, 6.45) is 3.80. The van der Waals surface area contributed by atoms with Crippen LogP contribution in [-0.4, -0.2) is 41.0 Å². The van der Waals surface area contributed by atoms with Gasteiger partial charge in [0, 0.05) is 18.7 Å². The molecule has 1 aliphatic rings. The highest BCUT2D eigenvalue weighted by Crippen LogP contribution is 2.25. The molecular formula is C17H17FN4O3. The Morgan fingerprint density at radius 2 is 2.36 bits per heavy atom. The molecule has 0 spiro atoms. The lowest BCUT2D eigenvalue weighted by Crippen LogP contribution is -2.33. The van der Waals surface area contributed by atoms with Gasteiger partial charge in [-0.3, -0.25) is 9.69 Å². The number of halogens is 1. The van der Waals surface area contributed by atoms with Crippen molar-refractivity contribution >= 4 is 23.8 Å². The monoisotopic (exact) mass is 344 g/mol. The van der Waals surface area contributed by atoms with Crippen molar-refractivity contribution in [2.45, 2.75) is 13.0 Å². The highest BCUT2D eigenvalue weighted by atomic mass is 19.1. The lowest BCUT2D eigenvalue weighted by Gasteiger charge is -2.14. The van der Waals surface area contributed by atoms with Gasteiger partial charge in [0.2, 0.25) is 5.91 Å². The molecule has 0 unspecified atom stereocenters. The van der Waals surface area contributed by atoms with Crippen molar-refractivity contribution in [3.05, 3.63) is 48.6 Å². The second kappa shape index (κ2) is 6.76. The number of nitrogens with zero attached hydrogens (tertiary/aromatic N) is 3. The highest BCUT2D eigenvalue weighted by Gasteiger charge is 2.32. The van der Waals surface area contributed by atoms with E-state index in [0.717, 1.165) is 5.56 Å². The number of rotatable bonds is 5. The van der Waals surface area contributed by atoms with Gasteiger partial charge in [-0.1, -0.05) is 12.7 Å².